The lowest BCUT2D eigenvalue weighted by Gasteiger charge is -2.26. The van der Waals surface area contributed by atoms with Gasteiger partial charge >= 0.3 is 5.97 Å². The molecule has 0 spiro atoms. The molecule has 1 amide bonds. The van der Waals surface area contributed by atoms with Crippen molar-refractivity contribution in [2.75, 3.05) is 18.2 Å². The first-order valence-corrected chi connectivity index (χ1v) is 7.68. The number of nitrogens with one attached hydrogen (secondary N) is 1. The van der Waals surface area contributed by atoms with E-state index in [0.29, 0.717) is 12.5 Å². The van der Waals surface area contributed by atoms with Crippen LogP contribution in [0.2, 0.25) is 0 Å². The second kappa shape index (κ2) is 4.74. The summed E-state index contributed by atoms with van der Waals surface area (Å²) in [6.45, 7) is 0.642. The summed E-state index contributed by atoms with van der Waals surface area (Å²) >= 11 is 1.69. The van der Waals surface area contributed by atoms with Crippen LogP contribution < -0.4 is 5.32 Å². The van der Waals surface area contributed by atoms with E-state index >= 15 is 0 Å². The maximum Gasteiger partial charge on any atom is 0.326 e. The summed E-state index contributed by atoms with van der Waals surface area (Å²) in [5.41, 5.74) is 0. The van der Waals surface area contributed by atoms with Gasteiger partial charge in [0.05, 0.1) is 6.04 Å². The topological polar surface area (TPSA) is 69.6 Å². The van der Waals surface area contributed by atoms with Gasteiger partial charge in [-0.1, -0.05) is 6.42 Å². The van der Waals surface area contributed by atoms with Crippen molar-refractivity contribution in [2.24, 2.45) is 11.8 Å². The SMILES string of the molecule is O=C(O)C1C2CCCC2CN1C(=O)C1CSCN1. The lowest BCUT2D eigenvalue weighted by Crippen LogP contribution is -2.50. The number of rotatable bonds is 2. The Bertz CT molecular complexity index is 370. The molecule has 2 heterocycles. The van der Waals surface area contributed by atoms with E-state index in [0.717, 1.165) is 30.9 Å². The molecule has 0 aromatic carbocycles. The number of thioether (sulfide) groups is 1. The molecule has 2 aliphatic heterocycles. The van der Waals surface area contributed by atoms with E-state index in [-0.39, 0.29) is 17.9 Å². The minimum atomic E-state index is -0.830. The Morgan fingerprint density at radius 1 is 1.33 bits per heavy atom. The third kappa shape index (κ3) is 1.91. The first-order valence-electron chi connectivity index (χ1n) is 6.53. The standard InChI is InChI=1S/C12H18N2O3S/c15-11(9-5-18-6-13-9)14-4-7-2-1-3-8(7)10(14)12(16)17/h7-10,13H,1-6H2,(H,16,17). The van der Waals surface area contributed by atoms with Crippen molar-refractivity contribution < 1.29 is 14.7 Å². The van der Waals surface area contributed by atoms with Gasteiger partial charge in [-0.05, 0) is 24.7 Å². The average molecular weight is 270 g/mol. The van der Waals surface area contributed by atoms with Crippen molar-refractivity contribution in [3.05, 3.63) is 0 Å². The number of carbonyl (C=O) groups is 2. The van der Waals surface area contributed by atoms with E-state index in [1.807, 2.05) is 0 Å². The van der Waals surface area contributed by atoms with Crippen LogP contribution in [0, 0.1) is 11.8 Å². The highest BCUT2D eigenvalue weighted by molar-refractivity contribution is 7.99. The number of amides is 1. The minimum absolute atomic E-state index is 0.0122. The molecular weight excluding hydrogens is 252 g/mol. The van der Waals surface area contributed by atoms with Crippen LogP contribution in [0.5, 0.6) is 0 Å². The molecule has 2 saturated heterocycles. The average Bonchev–Trinajstić information content (AvgIpc) is 3.03. The Hall–Kier alpha value is -0.750. The predicted octanol–water partition coefficient (Wildman–Crippen LogP) is 0.361. The van der Waals surface area contributed by atoms with E-state index in [9.17, 15) is 14.7 Å². The summed E-state index contributed by atoms with van der Waals surface area (Å²) in [6.07, 6.45) is 3.14. The molecule has 5 nitrogen and oxygen atoms in total. The smallest absolute Gasteiger partial charge is 0.326 e. The summed E-state index contributed by atoms with van der Waals surface area (Å²) in [5.74, 6) is 1.29. The fourth-order valence-electron chi connectivity index (χ4n) is 3.60. The van der Waals surface area contributed by atoms with Gasteiger partial charge in [0, 0.05) is 18.2 Å². The third-order valence-corrected chi connectivity index (χ3v) is 5.38. The number of likely N-dealkylation sites (tertiary alicyclic amines) is 1. The lowest BCUT2D eigenvalue weighted by atomic mass is 9.94. The zero-order valence-electron chi connectivity index (χ0n) is 10.2. The summed E-state index contributed by atoms with van der Waals surface area (Å²) in [7, 11) is 0. The first-order chi connectivity index (χ1) is 8.68. The maximum absolute atomic E-state index is 12.4. The second-order valence-electron chi connectivity index (χ2n) is 5.40. The van der Waals surface area contributed by atoms with Gasteiger partial charge in [-0.2, -0.15) is 0 Å². The van der Waals surface area contributed by atoms with Gasteiger partial charge in [0.15, 0.2) is 0 Å². The molecule has 0 radical (unpaired) electrons. The fourth-order valence-corrected chi connectivity index (χ4v) is 4.54. The van der Waals surface area contributed by atoms with Gasteiger partial charge < -0.3 is 10.0 Å². The number of carbonyl (C=O) groups excluding carboxylic acids is 1. The van der Waals surface area contributed by atoms with Crippen LogP contribution in [0.3, 0.4) is 0 Å². The maximum atomic E-state index is 12.4. The number of nitrogens with zero attached hydrogens (tertiary/aromatic N) is 1. The van der Waals surface area contributed by atoms with Gasteiger partial charge in [-0.15, -0.1) is 11.8 Å². The Labute approximate surface area is 110 Å². The number of hydrogen-bond acceptors (Lipinski definition) is 4. The van der Waals surface area contributed by atoms with E-state index < -0.39 is 12.0 Å². The van der Waals surface area contributed by atoms with Crippen LogP contribution in [0.25, 0.3) is 0 Å². The Morgan fingerprint density at radius 3 is 2.83 bits per heavy atom. The molecule has 18 heavy (non-hydrogen) atoms. The molecule has 0 aromatic rings. The molecular formula is C12H18N2O3S. The van der Waals surface area contributed by atoms with Crippen molar-refractivity contribution in [2.45, 2.75) is 31.3 Å². The Morgan fingerprint density at radius 2 is 2.17 bits per heavy atom. The highest BCUT2D eigenvalue weighted by atomic mass is 32.2. The molecule has 4 atom stereocenters. The van der Waals surface area contributed by atoms with Crippen molar-refractivity contribution in [1.82, 2.24) is 10.2 Å². The Balaban J connectivity index is 1.78. The number of fused-ring (bicyclic) bond motifs is 1. The van der Waals surface area contributed by atoms with E-state index in [4.69, 9.17) is 0 Å². The third-order valence-electron chi connectivity index (χ3n) is 4.44. The first kappa shape index (κ1) is 12.3. The van der Waals surface area contributed by atoms with E-state index in [2.05, 4.69) is 5.32 Å². The monoisotopic (exact) mass is 270 g/mol. The molecule has 0 bridgehead atoms. The largest absolute Gasteiger partial charge is 0.480 e. The molecule has 2 N–H and O–H groups in total. The second-order valence-corrected chi connectivity index (χ2v) is 6.43. The van der Waals surface area contributed by atoms with Gasteiger partial charge in [0.1, 0.15) is 6.04 Å². The van der Waals surface area contributed by atoms with Crippen LogP contribution in [0.15, 0.2) is 0 Å². The van der Waals surface area contributed by atoms with Crippen LogP contribution in [-0.4, -0.2) is 52.1 Å². The molecule has 4 unspecified atom stereocenters. The number of carboxylic acids is 1. The lowest BCUT2D eigenvalue weighted by molar-refractivity contribution is -0.150. The fraction of sp³-hybridized carbons (Fsp3) is 0.833. The zero-order chi connectivity index (χ0) is 12.7. The van der Waals surface area contributed by atoms with Crippen molar-refractivity contribution in [1.29, 1.82) is 0 Å². The molecule has 1 saturated carbocycles. The zero-order valence-corrected chi connectivity index (χ0v) is 11.0. The quantitative estimate of drug-likeness (QED) is 0.758. The van der Waals surface area contributed by atoms with E-state index in [1.54, 1.807) is 16.7 Å². The summed E-state index contributed by atoms with van der Waals surface area (Å²) in [4.78, 5) is 25.5. The molecule has 1 aliphatic carbocycles. The highest BCUT2D eigenvalue weighted by Crippen LogP contribution is 2.42. The number of hydrogen-bond donors (Lipinski definition) is 2. The van der Waals surface area contributed by atoms with Gasteiger partial charge in [-0.3, -0.25) is 10.1 Å². The highest BCUT2D eigenvalue weighted by Gasteiger charge is 2.50. The molecule has 100 valence electrons. The number of aliphatic carboxylic acids is 1. The summed E-state index contributed by atoms with van der Waals surface area (Å²) < 4.78 is 0. The van der Waals surface area contributed by atoms with Crippen LogP contribution in [-0.2, 0) is 9.59 Å². The van der Waals surface area contributed by atoms with E-state index in [1.165, 1.54) is 0 Å². The minimum Gasteiger partial charge on any atom is -0.480 e. The van der Waals surface area contributed by atoms with Crippen molar-refractivity contribution >= 4 is 23.6 Å². The van der Waals surface area contributed by atoms with Crippen LogP contribution in [0.1, 0.15) is 19.3 Å². The molecule has 6 heteroatoms. The molecule has 3 fully saturated rings. The molecule has 3 rings (SSSR count). The predicted molar refractivity (Wildman–Crippen MR) is 68.2 cm³/mol. The van der Waals surface area contributed by atoms with Crippen LogP contribution in [0.4, 0.5) is 0 Å². The summed E-state index contributed by atoms with van der Waals surface area (Å²) in [5, 5.41) is 12.5. The molecule has 0 aromatic heterocycles. The van der Waals surface area contributed by atoms with Crippen molar-refractivity contribution in [3.63, 3.8) is 0 Å². The van der Waals surface area contributed by atoms with Gasteiger partial charge in [0.25, 0.3) is 0 Å². The number of carboxylic acid groups (broad SMARTS) is 1. The van der Waals surface area contributed by atoms with Crippen molar-refractivity contribution in [3.8, 4) is 0 Å². The molecule has 3 aliphatic rings. The summed E-state index contributed by atoms with van der Waals surface area (Å²) in [6, 6.07) is -0.770. The normalized spacial score (nSPS) is 39.0. The van der Waals surface area contributed by atoms with Crippen LogP contribution >= 0.6 is 11.8 Å². The Kier molecular flexibility index (Phi) is 3.23. The van der Waals surface area contributed by atoms with Gasteiger partial charge in [0.2, 0.25) is 5.91 Å². The van der Waals surface area contributed by atoms with Gasteiger partial charge in [-0.25, -0.2) is 4.79 Å².